The van der Waals surface area contributed by atoms with Crippen LogP contribution in [0.15, 0.2) is 51.6 Å². The number of thioether (sulfide) groups is 1. The van der Waals surface area contributed by atoms with E-state index in [0.29, 0.717) is 11.6 Å². The standard InChI is InChI=1S/C22H20F3N3O2S2/c23-22(24,25)14-5-3-6-15(11-14)26-19(29)13-32-20-17-8-1-2-9-18(17)28(21(30)27-20)12-16-7-4-10-31-16/h3-7,10-11H,1-2,8-9,12-13H2,(H,26,29). The van der Waals surface area contributed by atoms with Crippen molar-refractivity contribution in [3.8, 4) is 0 Å². The van der Waals surface area contributed by atoms with Gasteiger partial charge in [-0.2, -0.15) is 18.2 Å². The summed E-state index contributed by atoms with van der Waals surface area (Å²) in [6.07, 6.45) is -0.949. The van der Waals surface area contributed by atoms with E-state index in [1.165, 1.54) is 12.1 Å². The van der Waals surface area contributed by atoms with Crippen LogP contribution >= 0.6 is 23.1 Å². The number of aromatic nitrogens is 2. The fraction of sp³-hybridized carbons (Fsp3) is 0.318. The number of carbonyl (C=O) groups is 1. The van der Waals surface area contributed by atoms with Gasteiger partial charge in [-0.15, -0.1) is 11.3 Å². The molecule has 5 nitrogen and oxygen atoms in total. The first kappa shape index (κ1) is 22.6. The summed E-state index contributed by atoms with van der Waals surface area (Å²) >= 11 is 2.73. The number of nitrogens with zero attached hydrogens (tertiary/aromatic N) is 2. The lowest BCUT2D eigenvalue weighted by atomic mass is 9.97. The van der Waals surface area contributed by atoms with Gasteiger partial charge in [0.15, 0.2) is 0 Å². The predicted octanol–water partition coefficient (Wildman–Crippen LogP) is 4.98. The second kappa shape index (κ2) is 9.50. The molecule has 1 amide bonds. The number of thiophene rings is 1. The van der Waals surface area contributed by atoms with E-state index in [1.54, 1.807) is 15.9 Å². The summed E-state index contributed by atoms with van der Waals surface area (Å²) < 4.78 is 40.3. The minimum absolute atomic E-state index is 0.0515. The number of halogens is 3. The second-order valence-corrected chi connectivity index (χ2v) is 9.41. The van der Waals surface area contributed by atoms with Crippen LogP contribution < -0.4 is 11.0 Å². The predicted molar refractivity (Wildman–Crippen MR) is 119 cm³/mol. The van der Waals surface area contributed by atoms with Gasteiger partial charge in [0, 0.05) is 21.8 Å². The molecule has 0 unspecified atom stereocenters. The van der Waals surface area contributed by atoms with Gasteiger partial charge < -0.3 is 5.32 Å². The van der Waals surface area contributed by atoms with Gasteiger partial charge in [-0.3, -0.25) is 9.36 Å². The average molecular weight is 480 g/mol. The molecule has 32 heavy (non-hydrogen) atoms. The van der Waals surface area contributed by atoms with Crippen molar-refractivity contribution in [2.24, 2.45) is 0 Å². The van der Waals surface area contributed by atoms with Gasteiger partial charge in [-0.1, -0.05) is 23.9 Å². The number of hydrogen-bond donors (Lipinski definition) is 1. The summed E-state index contributed by atoms with van der Waals surface area (Å²) in [6.45, 7) is 0.479. The fourth-order valence-corrected chi connectivity index (χ4v) is 5.26. The van der Waals surface area contributed by atoms with Crippen molar-refractivity contribution in [1.82, 2.24) is 9.55 Å². The molecule has 1 N–H and O–H groups in total. The topological polar surface area (TPSA) is 64.0 Å². The molecule has 0 saturated heterocycles. The van der Waals surface area contributed by atoms with Crippen LogP contribution in [0, 0.1) is 0 Å². The van der Waals surface area contributed by atoms with Gasteiger partial charge >= 0.3 is 11.9 Å². The highest BCUT2D eigenvalue weighted by molar-refractivity contribution is 8.00. The van der Waals surface area contributed by atoms with E-state index < -0.39 is 17.6 Å². The molecule has 0 atom stereocenters. The molecule has 0 aliphatic heterocycles. The molecule has 3 aromatic rings. The van der Waals surface area contributed by atoms with Crippen molar-refractivity contribution in [3.05, 3.63) is 74.0 Å². The number of benzene rings is 1. The Bertz CT molecular complexity index is 1170. The summed E-state index contributed by atoms with van der Waals surface area (Å²) in [6, 6.07) is 8.42. The lowest BCUT2D eigenvalue weighted by molar-refractivity contribution is -0.137. The molecule has 4 rings (SSSR count). The quantitative estimate of drug-likeness (QED) is 0.400. The number of carbonyl (C=O) groups excluding carboxylic acids is 1. The van der Waals surface area contributed by atoms with E-state index in [9.17, 15) is 22.8 Å². The highest BCUT2D eigenvalue weighted by Gasteiger charge is 2.30. The summed E-state index contributed by atoms with van der Waals surface area (Å²) in [5.41, 5.74) is 0.856. The zero-order valence-corrected chi connectivity index (χ0v) is 18.6. The summed E-state index contributed by atoms with van der Waals surface area (Å²) in [5.74, 6) is -0.507. The van der Waals surface area contributed by atoms with E-state index in [2.05, 4.69) is 10.3 Å². The number of rotatable bonds is 6. The molecule has 0 bridgehead atoms. The number of anilines is 1. The van der Waals surface area contributed by atoms with Crippen molar-refractivity contribution >= 4 is 34.7 Å². The molecule has 0 spiro atoms. The van der Waals surface area contributed by atoms with Crippen molar-refractivity contribution in [3.63, 3.8) is 0 Å². The van der Waals surface area contributed by atoms with Crippen molar-refractivity contribution < 1.29 is 18.0 Å². The Kier molecular flexibility index (Phi) is 6.71. The fourth-order valence-electron chi connectivity index (χ4n) is 3.69. The SMILES string of the molecule is O=C(CSc1nc(=O)n(Cc2cccs2)c2c1CCCC2)Nc1cccc(C(F)(F)F)c1. The monoisotopic (exact) mass is 479 g/mol. The smallest absolute Gasteiger partial charge is 0.325 e. The van der Waals surface area contributed by atoms with E-state index >= 15 is 0 Å². The van der Waals surface area contributed by atoms with E-state index in [0.717, 1.165) is 65.7 Å². The summed E-state index contributed by atoms with van der Waals surface area (Å²) in [7, 11) is 0. The van der Waals surface area contributed by atoms with Crippen LogP contribution in [0.3, 0.4) is 0 Å². The highest BCUT2D eigenvalue weighted by Crippen LogP contribution is 2.31. The lowest BCUT2D eigenvalue weighted by Crippen LogP contribution is -2.30. The number of fused-ring (bicyclic) bond motifs is 1. The molecule has 2 heterocycles. The molecule has 2 aromatic heterocycles. The molecule has 1 aliphatic carbocycles. The zero-order valence-electron chi connectivity index (χ0n) is 16.9. The number of hydrogen-bond acceptors (Lipinski definition) is 5. The number of nitrogens with one attached hydrogen (secondary N) is 1. The second-order valence-electron chi connectivity index (χ2n) is 7.41. The Balaban J connectivity index is 1.49. The number of amides is 1. The van der Waals surface area contributed by atoms with E-state index in [4.69, 9.17) is 0 Å². The van der Waals surface area contributed by atoms with Gasteiger partial charge in [0.05, 0.1) is 17.9 Å². The lowest BCUT2D eigenvalue weighted by Gasteiger charge is -2.22. The van der Waals surface area contributed by atoms with Gasteiger partial charge in [-0.05, 0) is 55.3 Å². The Labute approximate surface area is 190 Å². The molecule has 0 fully saturated rings. The molecule has 1 aliphatic rings. The molecule has 168 valence electrons. The van der Waals surface area contributed by atoms with Crippen LogP contribution in [0.5, 0.6) is 0 Å². The van der Waals surface area contributed by atoms with Gasteiger partial charge in [-0.25, -0.2) is 4.79 Å². The molecule has 0 saturated carbocycles. The average Bonchev–Trinajstić information content (AvgIpc) is 3.27. The molecular weight excluding hydrogens is 459 g/mol. The first-order chi connectivity index (χ1) is 15.3. The van der Waals surface area contributed by atoms with Crippen LogP contribution in [0.4, 0.5) is 18.9 Å². The maximum atomic E-state index is 12.9. The first-order valence-corrected chi connectivity index (χ1v) is 11.9. The van der Waals surface area contributed by atoms with Gasteiger partial charge in [0.1, 0.15) is 5.03 Å². The van der Waals surface area contributed by atoms with Crippen LogP contribution in [0.1, 0.15) is 34.5 Å². The van der Waals surface area contributed by atoms with E-state index in [-0.39, 0.29) is 17.1 Å². The third kappa shape index (κ3) is 5.24. The Hall–Kier alpha value is -2.59. The molecular formula is C22H20F3N3O2S2. The summed E-state index contributed by atoms with van der Waals surface area (Å²) in [5, 5.41) is 4.99. The third-order valence-electron chi connectivity index (χ3n) is 5.16. The van der Waals surface area contributed by atoms with Crippen LogP contribution in [-0.2, 0) is 30.4 Å². The summed E-state index contributed by atoms with van der Waals surface area (Å²) in [4.78, 5) is 30.4. The third-order valence-corrected chi connectivity index (χ3v) is 7.04. The van der Waals surface area contributed by atoms with Crippen molar-refractivity contribution in [2.45, 2.75) is 43.4 Å². The van der Waals surface area contributed by atoms with Crippen LogP contribution in [-0.4, -0.2) is 21.2 Å². The van der Waals surface area contributed by atoms with Crippen molar-refractivity contribution in [2.75, 3.05) is 11.1 Å². The zero-order chi connectivity index (χ0) is 22.7. The van der Waals surface area contributed by atoms with Crippen LogP contribution in [0.2, 0.25) is 0 Å². The van der Waals surface area contributed by atoms with Crippen LogP contribution in [0.25, 0.3) is 0 Å². The largest absolute Gasteiger partial charge is 0.416 e. The molecule has 1 aromatic carbocycles. The van der Waals surface area contributed by atoms with E-state index in [1.807, 2.05) is 17.5 Å². The molecule has 10 heteroatoms. The van der Waals surface area contributed by atoms with Crippen molar-refractivity contribution in [1.29, 1.82) is 0 Å². The maximum absolute atomic E-state index is 12.9. The minimum Gasteiger partial charge on any atom is -0.325 e. The minimum atomic E-state index is -4.48. The Morgan fingerprint density at radius 3 is 2.75 bits per heavy atom. The Morgan fingerprint density at radius 2 is 2.00 bits per heavy atom. The van der Waals surface area contributed by atoms with Gasteiger partial charge in [0.2, 0.25) is 5.91 Å². The normalized spacial score (nSPS) is 13.6. The number of alkyl halides is 3. The maximum Gasteiger partial charge on any atom is 0.416 e. The first-order valence-electron chi connectivity index (χ1n) is 10.1. The highest BCUT2D eigenvalue weighted by atomic mass is 32.2. The van der Waals surface area contributed by atoms with Gasteiger partial charge in [0.25, 0.3) is 0 Å². The molecule has 0 radical (unpaired) electrons. The Morgan fingerprint density at radius 1 is 1.19 bits per heavy atom.